The molecular weight excluding hydrogens is 420 g/mol. The Hall–Kier alpha value is -3.36. The quantitative estimate of drug-likeness (QED) is 0.687. The first-order valence-electron chi connectivity index (χ1n) is 11.7. The number of piperazine rings is 1. The minimum absolute atomic E-state index is 0.0179. The Morgan fingerprint density at radius 2 is 1.82 bits per heavy atom. The van der Waals surface area contributed by atoms with Crippen molar-refractivity contribution in [3.05, 3.63) is 36.5 Å². The fourth-order valence-electron chi connectivity index (χ4n) is 4.90. The largest absolute Gasteiger partial charge is 0.497 e. The van der Waals surface area contributed by atoms with Crippen LogP contribution >= 0.6 is 0 Å². The van der Waals surface area contributed by atoms with E-state index in [-0.39, 0.29) is 24.2 Å². The van der Waals surface area contributed by atoms with Crippen LogP contribution in [0.5, 0.6) is 5.75 Å². The number of nitrogens with zero attached hydrogens (tertiary/aromatic N) is 6. The van der Waals surface area contributed by atoms with E-state index in [4.69, 9.17) is 9.72 Å². The number of hydrogen-bond donors (Lipinski definition) is 0. The van der Waals surface area contributed by atoms with Crippen LogP contribution in [0.1, 0.15) is 19.3 Å². The van der Waals surface area contributed by atoms with Crippen LogP contribution < -0.4 is 19.4 Å². The van der Waals surface area contributed by atoms with Gasteiger partial charge in [0.25, 0.3) is 0 Å². The molecule has 174 valence electrons. The Kier molecular flexibility index (Phi) is 6.02. The minimum Gasteiger partial charge on any atom is -0.497 e. The van der Waals surface area contributed by atoms with Crippen LogP contribution in [0.3, 0.4) is 0 Å². The number of rotatable bonds is 5. The normalized spacial score (nSPS) is 21.1. The van der Waals surface area contributed by atoms with E-state index in [1.807, 2.05) is 41.4 Å². The molecule has 9 heteroatoms. The fraction of sp³-hybridized carbons (Fsp3) is 0.500. The van der Waals surface area contributed by atoms with Crippen molar-refractivity contribution in [2.45, 2.75) is 19.3 Å². The molecule has 4 heterocycles. The van der Waals surface area contributed by atoms with E-state index in [1.54, 1.807) is 12.0 Å². The molecule has 3 fully saturated rings. The summed E-state index contributed by atoms with van der Waals surface area (Å²) in [4.78, 5) is 43.1. The summed E-state index contributed by atoms with van der Waals surface area (Å²) in [5.74, 6) is 2.15. The Morgan fingerprint density at radius 3 is 2.58 bits per heavy atom. The lowest BCUT2D eigenvalue weighted by Gasteiger charge is -2.36. The molecule has 0 N–H and O–H groups in total. The monoisotopic (exact) mass is 450 g/mol. The summed E-state index contributed by atoms with van der Waals surface area (Å²) < 4.78 is 5.27. The molecule has 0 bridgehead atoms. The van der Waals surface area contributed by atoms with Gasteiger partial charge >= 0.3 is 0 Å². The molecule has 0 spiro atoms. The zero-order chi connectivity index (χ0) is 22.8. The molecule has 2 amide bonds. The molecule has 33 heavy (non-hydrogen) atoms. The average molecular weight is 451 g/mol. The van der Waals surface area contributed by atoms with Gasteiger partial charge in [-0.1, -0.05) is 6.07 Å². The van der Waals surface area contributed by atoms with Gasteiger partial charge in [0, 0.05) is 70.2 Å². The van der Waals surface area contributed by atoms with E-state index < -0.39 is 0 Å². The molecule has 9 nitrogen and oxygen atoms in total. The van der Waals surface area contributed by atoms with E-state index in [9.17, 15) is 9.59 Å². The Labute approximate surface area is 193 Å². The zero-order valence-corrected chi connectivity index (χ0v) is 19.0. The first kappa shape index (κ1) is 21.5. The summed E-state index contributed by atoms with van der Waals surface area (Å²) in [5, 5.41) is 0. The summed E-state index contributed by atoms with van der Waals surface area (Å²) in [5.41, 5.74) is 0.775. The van der Waals surface area contributed by atoms with Crippen molar-refractivity contribution < 1.29 is 14.3 Å². The summed E-state index contributed by atoms with van der Waals surface area (Å²) in [6.45, 7) is 5.15. The number of aromatic nitrogens is 2. The molecule has 3 aliphatic heterocycles. The lowest BCUT2D eigenvalue weighted by Crippen LogP contribution is -2.51. The highest BCUT2D eigenvalue weighted by atomic mass is 16.5. The van der Waals surface area contributed by atoms with E-state index in [1.165, 1.54) is 12.8 Å². The van der Waals surface area contributed by atoms with Gasteiger partial charge in [0.2, 0.25) is 17.8 Å². The van der Waals surface area contributed by atoms with Gasteiger partial charge in [-0.15, -0.1) is 0 Å². The van der Waals surface area contributed by atoms with Crippen LogP contribution in [0, 0.1) is 5.92 Å². The van der Waals surface area contributed by atoms with Crippen molar-refractivity contribution in [3.8, 4) is 5.75 Å². The second-order valence-electron chi connectivity index (χ2n) is 8.83. The molecule has 1 aromatic carbocycles. The minimum atomic E-state index is -0.309. The summed E-state index contributed by atoms with van der Waals surface area (Å²) in [6, 6.07) is 9.36. The third-order valence-corrected chi connectivity index (χ3v) is 6.77. The van der Waals surface area contributed by atoms with Crippen molar-refractivity contribution >= 4 is 29.3 Å². The molecule has 0 saturated carbocycles. The number of benzene rings is 1. The third kappa shape index (κ3) is 4.44. The molecule has 3 saturated heterocycles. The highest BCUT2D eigenvalue weighted by Crippen LogP contribution is 2.29. The lowest BCUT2D eigenvalue weighted by molar-refractivity contribution is -0.136. The standard InChI is InChI=1S/C24H30N6O3/c1-33-20-6-4-5-19(16-20)30-17-18(15-22(30)31)23(32)28-13-11-27(12-14-28)21-7-8-25-24(26-21)29-9-2-3-10-29/h4-8,16,18H,2-3,9-15,17H2,1H3. The summed E-state index contributed by atoms with van der Waals surface area (Å²) in [6.07, 6.45) is 4.45. The molecule has 2 aromatic rings. The predicted octanol–water partition coefficient (Wildman–Crippen LogP) is 1.79. The van der Waals surface area contributed by atoms with Crippen LogP contribution in [0.25, 0.3) is 0 Å². The molecule has 3 aliphatic rings. The van der Waals surface area contributed by atoms with E-state index in [2.05, 4.69) is 14.8 Å². The second-order valence-corrected chi connectivity index (χ2v) is 8.83. The van der Waals surface area contributed by atoms with Gasteiger partial charge in [-0.05, 0) is 31.0 Å². The van der Waals surface area contributed by atoms with Crippen LogP contribution in [0.4, 0.5) is 17.5 Å². The van der Waals surface area contributed by atoms with Gasteiger partial charge in [0.05, 0.1) is 13.0 Å². The van der Waals surface area contributed by atoms with Crippen LogP contribution in [0.15, 0.2) is 36.5 Å². The topological polar surface area (TPSA) is 82.1 Å². The molecule has 1 atom stereocenters. The first-order valence-corrected chi connectivity index (χ1v) is 11.7. The average Bonchev–Trinajstić information content (AvgIpc) is 3.54. The first-order chi connectivity index (χ1) is 16.1. The van der Waals surface area contributed by atoms with Gasteiger partial charge in [0.1, 0.15) is 11.6 Å². The number of amides is 2. The van der Waals surface area contributed by atoms with Crippen molar-refractivity contribution in [2.24, 2.45) is 5.92 Å². The van der Waals surface area contributed by atoms with E-state index in [0.29, 0.717) is 25.4 Å². The van der Waals surface area contributed by atoms with Gasteiger partial charge in [-0.3, -0.25) is 9.59 Å². The van der Waals surface area contributed by atoms with Crippen LogP contribution in [0.2, 0.25) is 0 Å². The number of methoxy groups -OCH3 is 1. The molecule has 0 aliphatic carbocycles. The Morgan fingerprint density at radius 1 is 1.03 bits per heavy atom. The highest BCUT2D eigenvalue weighted by molar-refractivity contribution is 6.00. The molecule has 1 aromatic heterocycles. The maximum absolute atomic E-state index is 13.2. The van der Waals surface area contributed by atoms with Crippen LogP contribution in [-0.2, 0) is 9.59 Å². The fourth-order valence-corrected chi connectivity index (χ4v) is 4.90. The van der Waals surface area contributed by atoms with Gasteiger partial charge in [-0.25, -0.2) is 4.98 Å². The smallest absolute Gasteiger partial charge is 0.228 e. The van der Waals surface area contributed by atoms with E-state index >= 15 is 0 Å². The van der Waals surface area contributed by atoms with Crippen molar-refractivity contribution in [3.63, 3.8) is 0 Å². The van der Waals surface area contributed by atoms with E-state index in [0.717, 1.165) is 43.6 Å². The Balaban J connectivity index is 1.19. The zero-order valence-electron chi connectivity index (χ0n) is 19.0. The summed E-state index contributed by atoms with van der Waals surface area (Å²) in [7, 11) is 1.60. The summed E-state index contributed by atoms with van der Waals surface area (Å²) >= 11 is 0. The molecule has 5 rings (SSSR count). The number of carbonyl (C=O) groups excluding carboxylic acids is 2. The SMILES string of the molecule is COc1cccc(N2CC(C(=O)N3CCN(c4ccnc(N5CCCC5)n4)CC3)CC2=O)c1. The maximum Gasteiger partial charge on any atom is 0.228 e. The Bertz CT molecular complexity index is 1020. The molecule has 0 radical (unpaired) electrons. The van der Waals surface area contributed by atoms with Gasteiger partial charge in [0.15, 0.2) is 0 Å². The third-order valence-electron chi connectivity index (χ3n) is 6.77. The number of hydrogen-bond acceptors (Lipinski definition) is 7. The number of anilines is 3. The van der Waals surface area contributed by atoms with Gasteiger partial charge < -0.3 is 24.3 Å². The van der Waals surface area contributed by atoms with Crippen LogP contribution in [-0.4, -0.2) is 79.6 Å². The predicted molar refractivity (Wildman–Crippen MR) is 126 cm³/mol. The molecular formula is C24H30N6O3. The van der Waals surface area contributed by atoms with Crippen molar-refractivity contribution in [1.29, 1.82) is 0 Å². The lowest BCUT2D eigenvalue weighted by atomic mass is 10.1. The highest BCUT2D eigenvalue weighted by Gasteiger charge is 2.38. The number of ether oxygens (including phenoxy) is 1. The van der Waals surface area contributed by atoms with Gasteiger partial charge in [-0.2, -0.15) is 4.98 Å². The van der Waals surface area contributed by atoms with Crippen molar-refractivity contribution in [1.82, 2.24) is 14.9 Å². The van der Waals surface area contributed by atoms with Crippen molar-refractivity contribution in [2.75, 3.05) is 67.6 Å². The second kappa shape index (κ2) is 9.25. The molecule has 1 unspecified atom stereocenters. The maximum atomic E-state index is 13.2. The number of carbonyl (C=O) groups is 2.